The smallest absolute Gasteiger partial charge is 0.255 e. The van der Waals surface area contributed by atoms with E-state index in [1.165, 1.54) is 0 Å². The Kier molecular flexibility index (Phi) is 5.18. The van der Waals surface area contributed by atoms with Gasteiger partial charge in [0.25, 0.3) is 5.91 Å². The predicted molar refractivity (Wildman–Crippen MR) is 98.1 cm³/mol. The van der Waals surface area contributed by atoms with Crippen LogP contribution in [0.1, 0.15) is 48.5 Å². The number of aryl methyl sites for hydroxylation is 1. The molecule has 130 valence electrons. The fourth-order valence-electron chi connectivity index (χ4n) is 3.72. The van der Waals surface area contributed by atoms with E-state index >= 15 is 0 Å². The number of benzene rings is 1. The molecule has 0 N–H and O–H groups in total. The number of hydrogen-bond donors (Lipinski definition) is 0. The maximum absolute atomic E-state index is 13.0. The quantitative estimate of drug-likeness (QED) is 0.843. The summed E-state index contributed by atoms with van der Waals surface area (Å²) in [5.74, 6) is 1.38. The van der Waals surface area contributed by atoms with Crippen LogP contribution in [0.3, 0.4) is 0 Å². The van der Waals surface area contributed by atoms with Crippen LogP contribution in [-0.2, 0) is 4.79 Å². The van der Waals surface area contributed by atoms with Gasteiger partial charge in [-0.05, 0) is 38.3 Å². The fourth-order valence-corrected chi connectivity index (χ4v) is 5.18. The Bertz CT molecular complexity index is 624. The molecule has 2 aliphatic rings. The average Bonchev–Trinajstić information content (AvgIpc) is 2.98. The van der Waals surface area contributed by atoms with Crippen molar-refractivity contribution in [2.45, 2.75) is 44.4 Å². The van der Waals surface area contributed by atoms with Gasteiger partial charge in [0.15, 0.2) is 0 Å². The topological polar surface area (TPSA) is 40.6 Å². The number of thioether (sulfide) groups is 1. The van der Waals surface area contributed by atoms with Crippen molar-refractivity contribution in [3.05, 3.63) is 35.4 Å². The summed E-state index contributed by atoms with van der Waals surface area (Å²) in [6, 6.07) is 7.85. The predicted octanol–water partition coefficient (Wildman–Crippen LogP) is 3.30. The monoisotopic (exact) mass is 346 g/mol. The SMILES string of the molecule is CCCC(=O)N1CCC2(CC1)SCCN2C(=O)c1cccc(C)c1. The molecule has 3 rings (SSSR count). The van der Waals surface area contributed by atoms with Gasteiger partial charge in [-0.3, -0.25) is 9.59 Å². The molecule has 1 aromatic carbocycles. The number of carbonyl (C=O) groups is 2. The van der Waals surface area contributed by atoms with Crippen molar-refractivity contribution in [1.29, 1.82) is 0 Å². The Morgan fingerprint density at radius 2 is 1.96 bits per heavy atom. The van der Waals surface area contributed by atoms with Crippen LogP contribution in [-0.4, -0.2) is 51.9 Å². The minimum Gasteiger partial charge on any atom is -0.342 e. The molecule has 0 atom stereocenters. The summed E-state index contributed by atoms with van der Waals surface area (Å²) in [5, 5.41) is 0. The molecule has 4 nitrogen and oxygen atoms in total. The van der Waals surface area contributed by atoms with Gasteiger partial charge in [-0.25, -0.2) is 0 Å². The highest BCUT2D eigenvalue weighted by molar-refractivity contribution is 8.00. The van der Waals surface area contributed by atoms with Gasteiger partial charge >= 0.3 is 0 Å². The molecule has 0 aromatic heterocycles. The molecular weight excluding hydrogens is 320 g/mol. The van der Waals surface area contributed by atoms with Crippen LogP contribution in [0.5, 0.6) is 0 Å². The lowest BCUT2D eigenvalue weighted by molar-refractivity contribution is -0.132. The molecular formula is C19H26N2O2S. The zero-order chi connectivity index (χ0) is 17.2. The van der Waals surface area contributed by atoms with Crippen molar-refractivity contribution in [1.82, 2.24) is 9.80 Å². The first-order valence-electron chi connectivity index (χ1n) is 8.86. The second-order valence-electron chi connectivity index (χ2n) is 6.75. The molecule has 0 bridgehead atoms. The Labute approximate surface area is 148 Å². The highest BCUT2D eigenvalue weighted by Crippen LogP contribution is 2.44. The maximum atomic E-state index is 13.0. The van der Waals surface area contributed by atoms with Crippen LogP contribution < -0.4 is 0 Å². The van der Waals surface area contributed by atoms with Crippen molar-refractivity contribution in [2.75, 3.05) is 25.4 Å². The number of amides is 2. The molecule has 1 spiro atoms. The molecule has 0 aliphatic carbocycles. The first kappa shape index (κ1) is 17.3. The van der Waals surface area contributed by atoms with Crippen molar-refractivity contribution in [3.63, 3.8) is 0 Å². The van der Waals surface area contributed by atoms with Crippen LogP contribution in [0.15, 0.2) is 24.3 Å². The lowest BCUT2D eigenvalue weighted by Gasteiger charge is -2.44. The van der Waals surface area contributed by atoms with Crippen LogP contribution in [0, 0.1) is 6.92 Å². The van der Waals surface area contributed by atoms with E-state index in [1.54, 1.807) is 0 Å². The molecule has 2 amide bonds. The number of piperidine rings is 1. The Morgan fingerprint density at radius 3 is 2.62 bits per heavy atom. The number of carbonyl (C=O) groups excluding carboxylic acids is 2. The molecule has 2 fully saturated rings. The third kappa shape index (κ3) is 3.32. The normalized spacial score (nSPS) is 19.8. The Balaban J connectivity index is 1.72. The third-order valence-electron chi connectivity index (χ3n) is 5.05. The molecule has 24 heavy (non-hydrogen) atoms. The second kappa shape index (κ2) is 7.18. The molecule has 0 unspecified atom stereocenters. The van der Waals surface area contributed by atoms with E-state index in [-0.39, 0.29) is 16.7 Å². The van der Waals surface area contributed by atoms with Gasteiger partial charge in [-0.1, -0.05) is 24.6 Å². The highest BCUT2D eigenvalue weighted by atomic mass is 32.2. The highest BCUT2D eigenvalue weighted by Gasteiger charge is 2.46. The number of rotatable bonds is 3. The third-order valence-corrected chi connectivity index (χ3v) is 6.60. The van der Waals surface area contributed by atoms with E-state index < -0.39 is 0 Å². The minimum atomic E-state index is -0.121. The Hall–Kier alpha value is -1.49. The van der Waals surface area contributed by atoms with E-state index in [1.807, 2.05) is 54.8 Å². The standard InChI is InChI=1S/C19H26N2O2S/c1-3-5-17(22)20-10-8-19(9-11-20)21(12-13-24-19)18(23)16-7-4-6-15(2)14-16/h4,6-7,14H,3,5,8-13H2,1-2H3. The summed E-state index contributed by atoms with van der Waals surface area (Å²) in [7, 11) is 0. The summed E-state index contributed by atoms with van der Waals surface area (Å²) in [6.45, 7) is 6.40. The van der Waals surface area contributed by atoms with Gasteiger partial charge in [0.05, 0.1) is 4.87 Å². The zero-order valence-electron chi connectivity index (χ0n) is 14.6. The van der Waals surface area contributed by atoms with E-state index in [0.29, 0.717) is 6.42 Å². The van der Waals surface area contributed by atoms with Crippen molar-refractivity contribution < 1.29 is 9.59 Å². The van der Waals surface area contributed by atoms with E-state index in [0.717, 1.165) is 55.8 Å². The number of likely N-dealkylation sites (tertiary alicyclic amines) is 1. The van der Waals surface area contributed by atoms with Gasteiger partial charge in [-0.15, -0.1) is 11.8 Å². The first-order valence-corrected chi connectivity index (χ1v) is 9.85. The van der Waals surface area contributed by atoms with E-state index in [9.17, 15) is 9.59 Å². The second-order valence-corrected chi connectivity index (χ2v) is 8.21. The fraction of sp³-hybridized carbons (Fsp3) is 0.579. The van der Waals surface area contributed by atoms with Crippen LogP contribution in [0.4, 0.5) is 0 Å². The summed E-state index contributed by atoms with van der Waals surface area (Å²) >= 11 is 1.90. The van der Waals surface area contributed by atoms with Crippen LogP contribution in [0.2, 0.25) is 0 Å². The average molecular weight is 346 g/mol. The number of nitrogens with zero attached hydrogens (tertiary/aromatic N) is 2. The Morgan fingerprint density at radius 1 is 1.21 bits per heavy atom. The molecule has 2 heterocycles. The lowest BCUT2D eigenvalue weighted by Crippen LogP contribution is -2.53. The summed E-state index contributed by atoms with van der Waals surface area (Å²) in [6.07, 6.45) is 3.29. The summed E-state index contributed by atoms with van der Waals surface area (Å²) in [4.78, 5) is 29.1. The van der Waals surface area contributed by atoms with Crippen molar-refractivity contribution in [3.8, 4) is 0 Å². The first-order chi connectivity index (χ1) is 11.6. The van der Waals surface area contributed by atoms with E-state index in [2.05, 4.69) is 4.90 Å². The molecule has 2 saturated heterocycles. The zero-order valence-corrected chi connectivity index (χ0v) is 15.4. The lowest BCUT2D eigenvalue weighted by atomic mass is 10.00. The van der Waals surface area contributed by atoms with Crippen molar-refractivity contribution >= 4 is 23.6 Å². The summed E-state index contributed by atoms with van der Waals surface area (Å²) < 4.78 is 0. The summed E-state index contributed by atoms with van der Waals surface area (Å²) in [5.41, 5.74) is 1.89. The van der Waals surface area contributed by atoms with Gasteiger partial charge < -0.3 is 9.80 Å². The van der Waals surface area contributed by atoms with E-state index in [4.69, 9.17) is 0 Å². The van der Waals surface area contributed by atoms with Crippen molar-refractivity contribution in [2.24, 2.45) is 0 Å². The minimum absolute atomic E-state index is 0.121. The van der Waals surface area contributed by atoms with Gasteiger partial charge in [0, 0.05) is 37.4 Å². The molecule has 0 radical (unpaired) electrons. The van der Waals surface area contributed by atoms with Crippen LogP contribution >= 0.6 is 11.8 Å². The molecule has 1 aromatic rings. The molecule has 0 saturated carbocycles. The maximum Gasteiger partial charge on any atom is 0.255 e. The molecule has 2 aliphatic heterocycles. The van der Waals surface area contributed by atoms with Gasteiger partial charge in [0.2, 0.25) is 5.91 Å². The largest absolute Gasteiger partial charge is 0.342 e. The van der Waals surface area contributed by atoms with Crippen LogP contribution in [0.25, 0.3) is 0 Å². The molecule has 5 heteroatoms. The van der Waals surface area contributed by atoms with Gasteiger partial charge in [-0.2, -0.15) is 0 Å². The number of hydrogen-bond acceptors (Lipinski definition) is 3. The van der Waals surface area contributed by atoms with Gasteiger partial charge in [0.1, 0.15) is 0 Å².